The minimum Gasteiger partial charge on any atom is -0.346 e. The van der Waals surface area contributed by atoms with Gasteiger partial charge >= 0.3 is 0 Å². The Morgan fingerprint density at radius 2 is 2.00 bits per heavy atom. The van der Waals surface area contributed by atoms with E-state index in [1.807, 2.05) is 17.7 Å². The predicted molar refractivity (Wildman–Crippen MR) is 93.5 cm³/mol. The Hall–Kier alpha value is -2.18. The summed E-state index contributed by atoms with van der Waals surface area (Å²) in [6, 6.07) is 2.08. The van der Waals surface area contributed by atoms with Crippen LogP contribution in [0.2, 0.25) is 0 Å². The average Bonchev–Trinajstić information content (AvgIpc) is 3.18. The van der Waals surface area contributed by atoms with E-state index in [9.17, 15) is 4.79 Å². The average molecular weight is 342 g/mol. The number of carbonyl (C=O) groups is 1. The number of fused-ring (bicyclic) bond motifs is 1. The van der Waals surface area contributed by atoms with Gasteiger partial charge in [-0.05, 0) is 53.0 Å². The number of nitrogens with one attached hydrogen (secondary N) is 1. The molecule has 3 heterocycles. The molecule has 1 aliphatic carbocycles. The number of amides is 1. The van der Waals surface area contributed by atoms with Crippen molar-refractivity contribution >= 4 is 5.91 Å². The summed E-state index contributed by atoms with van der Waals surface area (Å²) in [5, 5.41) is 16.3. The van der Waals surface area contributed by atoms with Gasteiger partial charge in [0, 0.05) is 24.9 Å². The first kappa shape index (κ1) is 16.3. The Morgan fingerprint density at radius 1 is 1.24 bits per heavy atom. The third-order valence-electron chi connectivity index (χ3n) is 5.06. The molecule has 0 aromatic carbocycles. The van der Waals surface area contributed by atoms with Crippen molar-refractivity contribution in [1.29, 1.82) is 0 Å². The Balaban J connectivity index is 1.54. The van der Waals surface area contributed by atoms with Crippen molar-refractivity contribution in [1.82, 2.24) is 29.9 Å². The number of carbonyl (C=O) groups excluding carboxylic acids is 1. The summed E-state index contributed by atoms with van der Waals surface area (Å²) in [5.41, 5.74) is 1.51. The highest BCUT2D eigenvalue weighted by atomic mass is 16.2. The maximum absolute atomic E-state index is 13.0. The third kappa shape index (κ3) is 3.07. The topological polar surface area (TPSA) is 77.6 Å². The van der Waals surface area contributed by atoms with Crippen LogP contribution in [0.4, 0.5) is 0 Å². The van der Waals surface area contributed by atoms with Crippen LogP contribution in [0, 0.1) is 6.92 Å². The Bertz CT molecular complexity index is 808. The van der Waals surface area contributed by atoms with E-state index < -0.39 is 0 Å². The van der Waals surface area contributed by atoms with E-state index in [1.165, 1.54) is 12.8 Å². The van der Waals surface area contributed by atoms with Gasteiger partial charge in [-0.25, -0.2) is 0 Å². The molecule has 2 aromatic heterocycles. The molecule has 0 spiro atoms. The molecule has 4 rings (SSSR count). The van der Waals surface area contributed by atoms with E-state index in [-0.39, 0.29) is 17.5 Å². The van der Waals surface area contributed by atoms with Crippen LogP contribution in [0.25, 0.3) is 0 Å². The molecule has 0 bridgehead atoms. The van der Waals surface area contributed by atoms with E-state index in [2.05, 4.69) is 40.9 Å². The molecule has 1 unspecified atom stereocenters. The van der Waals surface area contributed by atoms with E-state index in [0.717, 1.165) is 36.7 Å². The van der Waals surface area contributed by atoms with Crippen molar-refractivity contribution in [2.45, 2.75) is 77.4 Å². The molecule has 1 N–H and O–H groups in total. The highest BCUT2D eigenvalue weighted by molar-refractivity contribution is 5.93. The lowest BCUT2D eigenvalue weighted by Crippen LogP contribution is -2.42. The molecule has 1 aliphatic heterocycles. The van der Waals surface area contributed by atoms with Crippen molar-refractivity contribution in [3.8, 4) is 0 Å². The summed E-state index contributed by atoms with van der Waals surface area (Å²) >= 11 is 0. The third-order valence-corrected chi connectivity index (χ3v) is 5.06. The number of aromatic nitrogens is 5. The minimum atomic E-state index is -0.218. The standard InChI is InChI=1S/C18H26N6O/c1-11-20-21-16-8-7-13(10-23(11)16)19-17(25)15-9-14(12-5-6-12)22-24(15)18(2,3)4/h9,12-13H,5-8,10H2,1-4H3,(H,19,25). The first-order valence-corrected chi connectivity index (χ1v) is 9.13. The highest BCUT2D eigenvalue weighted by Crippen LogP contribution is 2.40. The summed E-state index contributed by atoms with van der Waals surface area (Å²) in [6.07, 6.45) is 4.10. The van der Waals surface area contributed by atoms with Gasteiger partial charge in [-0.1, -0.05) is 0 Å². The fourth-order valence-corrected chi connectivity index (χ4v) is 3.49. The van der Waals surface area contributed by atoms with Crippen LogP contribution >= 0.6 is 0 Å². The number of hydrogen-bond acceptors (Lipinski definition) is 4. The van der Waals surface area contributed by atoms with Crippen molar-refractivity contribution in [2.24, 2.45) is 0 Å². The van der Waals surface area contributed by atoms with Gasteiger partial charge in [0.2, 0.25) is 0 Å². The Kier molecular flexibility index (Phi) is 3.70. The van der Waals surface area contributed by atoms with Gasteiger partial charge in [0.25, 0.3) is 5.91 Å². The number of nitrogens with zero attached hydrogens (tertiary/aromatic N) is 5. The first-order valence-electron chi connectivity index (χ1n) is 9.13. The molecule has 1 atom stereocenters. The van der Waals surface area contributed by atoms with Crippen molar-refractivity contribution in [2.75, 3.05) is 0 Å². The van der Waals surface area contributed by atoms with Crippen LogP contribution in [0.15, 0.2) is 6.07 Å². The molecule has 0 saturated heterocycles. The maximum atomic E-state index is 13.0. The summed E-state index contributed by atoms with van der Waals surface area (Å²) in [6.45, 7) is 8.94. The van der Waals surface area contributed by atoms with E-state index in [1.54, 1.807) is 0 Å². The molecule has 1 amide bonds. The van der Waals surface area contributed by atoms with Gasteiger partial charge in [-0.3, -0.25) is 9.48 Å². The summed E-state index contributed by atoms with van der Waals surface area (Å²) in [7, 11) is 0. The normalized spacial score (nSPS) is 20.4. The maximum Gasteiger partial charge on any atom is 0.269 e. The summed E-state index contributed by atoms with van der Waals surface area (Å²) in [5.74, 6) is 2.42. The van der Waals surface area contributed by atoms with Crippen molar-refractivity contribution in [3.05, 3.63) is 29.1 Å². The molecule has 2 aliphatic rings. The zero-order chi connectivity index (χ0) is 17.8. The molecular formula is C18H26N6O. The van der Waals surface area contributed by atoms with Crippen LogP contribution in [0.3, 0.4) is 0 Å². The second-order valence-electron chi connectivity index (χ2n) is 8.29. The summed E-state index contributed by atoms with van der Waals surface area (Å²) < 4.78 is 3.99. The number of aryl methyl sites for hydroxylation is 2. The van der Waals surface area contributed by atoms with E-state index in [4.69, 9.17) is 5.10 Å². The van der Waals surface area contributed by atoms with Crippen LogP contribution in [0.5, 0.6) is 0 Å². The van der Waals surface area contributed by atoms with Crippen molar-refractivity contribution < 1.29 is 4.79 Å². The lowest BCUT2D eigenvalue weighted by atomic mass is 10.1. The minimum absolute atomic E-state index is 0.0338. The molecule has 0 radical (unpaired) electrons. The predicted octanol–water partition coefficient (Wildman–Crippen LogP) is 2.16. The zero-order valence-corrected chi connectivity index (χ0v) is 15.4. The molecule has 1 fully saturated rings. The van der Waals surface area contributed by atoms with Gasteiger partial charge < -0.3 is 9.88 Å². The molecule has 7 heteroatoms. The van der Waals surface area contributed by atoms with Crippen LogP contribution in [-0.2, 0) is 18.5 Å². The Morgan fingerprint density at radius 3 is 2.68 bits per heavy atom. The van der Waals surface area contributed by atoms with Gasteiger partial charge in [-0.15, -0.1) is 10.2 Å². The lowest BCUT2D eigenvalue weighted by molar-refractivity contribution is 0.0908. The number of rotatable bonds is 3. The Labute approximate surface area is 147 Å². The molecule has 1 saturated carbocycles. The van der Waals surface area contributed by atoms with Gasteiger partial charge in [0.15, 0.2) is 0 Å². The second kappa shape index (κ2) is 5.68. The molecular weight excluding hydrogens is 316 g/mol. The SMILES string of the molecule is Cc1nnc2n1CC(NC(=O)c1cc(C3CC3)nn1C(C)(C)C)CC2. The fraction of sp³-hybridized carbons (Fsp3) is 0.667. The molecule has 7 nitrogen and oxygen atoms in total. The lowest BCUT2D eigenvalue weighted by Gasteiger charge is -2.26. The first-order chi connectivity index (χ1) is 11.8. The largest absolute Gasteiger partial charge is 0.346 e. The van der Waals surface area contributed by atoms with Crippen LogP contribution in [0.1, 0.15) is 73.8 Å². The van der Waals surface area contributed by atoms with Gasteiger partial charge in [0.05, 0.1) is 11.2 Å². The molecule has 2 aromatic rings. The number of hydrogen-bond donors (Lipinski definition) is 1. The quantitative estimate of drug-likeness (QED) is 0.927. The molecule has 134 valence electrons. The van der Waals surface area contributed by atoms with Crippen LogP contribution in [-0.4, -0.2) is 36.5 Å². The smallest absolute Gasteiger partial charge is 0.269 e. The molecule has 25 heavy (non-hydrogen) atoms. The summed E-state index contributed by atoms with van der Waals surface area (Å²) in [4.78, 5) is 13.0. The zero-order valence-electron chi connectivity index (χ0n) is 15.4. The second-order valence-corrected chi connectivity index (χ2v) is 8.29. The monoisotopic (exact) mass is 342 g/mol. The van der Waals surface area contributed by atoms with Gasteiger partial charge in [0.1, 0.15) is 17.3 Å². The van der Waals surface area contributed by atoms with Crippen molar-refractivity contribution in [3.63, 3.8) is 0 Å². The fourth-order valence-electron chi connectivity index (χ4n) is 3.49. The van der Waals surface area contributed by atoms with E-state index >= 15 is 0 Å². The van der Waals surface area contributed by atoms with E-state index in [0.29, 0.717) is 11.6 Å². The van der Waals surface area contributed by atoms with Crippen LogP contribution < -0.4 is 5.32 Å². The van der Waals surface area contributed by atoms with Gasteiger partial charge in [-0.2, -0.15) is 5.10 Å². The highest BCUT2D eigenvalue weighted by Gasteiger charge is 2.32.